The van der Waals surface area contributed by atoms with Crippen molar-refractivity contribution in [2.75, 3.05) is 5.32 Å². The molecule has 0 bridgehead atoms. The van der Waals surface area contributed by atoms with Crippen molar-refractivity contribution in [1.29, 1.82) is 0 Å². The monoisotopic (exact) mass is 419 g/mol. The minimum atomic E-state index is -0.681. The molecule has 0 atom stereocenters. The predicted molar refractivity (Wildman–Crippen MR) is 124 cm³/mol. The first-order valence-corrected chi connectivity index (χ1v) is 10.1. The maximum atomic E-state index is 13.1. The minimum absolute atomic E-state index is 0.0325. The van der Waals surface area contributed by atoms with Gasteiger partial charge in [0, 0.05) is 22.2 Å². The Bertz CT molecular complexity index is 1530. The second-order valence-corrected chi connectivity index (χ2v) is 7.37. The molecule has 1 N–H and O–H groups in total. The number of carbonyl (C=O) groups excluding carboxylic acids is 2. The Balaban J connectivity index is 1.46. The molecule has 32 heavy (non-hydrogen) atoms. The Morgan fingerprint density at radius 2 is 1.41 bits per heavy atom. The second-order valence-electron chi connectivity index (χ2n) is 7.37. The summed E-state index contributed by atoms with van der Waals surface area (Å²) in [7, 11) is 0. The normalized spacial score (nSPS) is 10.9. The number of hydrogen-bond acceptors (Lipinski definition) is 4. The summed E-state index contributed by atoms with van der Waals surface area (Å²) < 4.78 is 5.44. The maximum absolute atomic E-state index is 13.1. The highest BCUT2D eigenvalue weighted by Crippen LogP contribution is 2.25. The summed E-state index contributed by atoms with van der Waals surface area (Å²) in [5.41, 5.74) is 1.13. The predicted octanol–water partition coefficient (Wildman–Crippen LogP) is 5.43. The van der Waals surface area contributed by atoms with Gasteiger partial charge in [0.2, 0.25) is 0 Å². The summed E-state index contributed by atoms with van der Waals surface area (Å²) >= 11 is 0. The SMILES string of the molecule is O=C(Nc1ccc(C(=O)c2cc3c(ccc4ccccc43)oc2=O)cc1)c1ccccc1. The number of fused-ring (bicyclic) bond motifs is 3. The fourth-order valence-electron chi connectivity index (χ4n) is 3.68. The van der Waals surface area contributed by atoms with E-state index in [2.05, 4.69) is 5.32 Å². The molecular weight excluding hydrogens is 402 g/mol. The Morgan fingerprint density at radius 3 is 2.19 bits per heavy atom. The molecule has 0 aliphatic heterocycles. The number of benzene rings is 4. The fourth-order valence-corrected chi connectivity index (χ4v) is 3.68. The number of rotatable bonds is 4. The molecule has 0 fully saturated rings. The van der Waals surface area contributed by atoms with Crippen LogP contribution in [-0.2, 0) is 0 Å². The van der Waals surface area contributed by atoms with Gasteiger partial charge >= 0.3 is 5.63 Å². The van der Waals surface area contributed by atoms with E-state index in [0.29, 0.717) is 27.8 Å². The molecule has 5 nitrogen and oxygen atoms in total. The van der Waals surface area contributed by atoms with Crippen LogP contribution in [0.3, 0.4) is 0 Å². The van der Waals surface area contributed by atoms with Crippen molar-refractivity contribution in [3.63, 3.8) is 0 Å². The molecule has 154 valence electrons. The molecule has 0 spiro atoms. The number of nitrogens with one attached hydrogen (secondary N) is 1. The first-order chi connectivity index (χ1) is 15.6. The van der Waals surface area contributed by atoms with Crippen LogP contribution in [0.25, 0.3) is 21.7 Å². The molecule has 0 saturated carbocycles. The Hall–Kier alpha value is -4.51. The first-order valence-electron chi connectivity index (χ1n) is 10.1. The van der Waals surface area contributed by atoms with Gasteiger partial charge in [0.15, 0.2) is 5.78 Å². The quantitative estimate of drug-likeness (QED) is 0.239. The average Bonchev–Trinajstić information content (AvgIpc) is 2.84. The van der Waals surface area contributed by atoms with Crippen LogP contribution in [0.5, 0.6) is 0 Å². The van der Waals surface area contributed by atoms with Crippen molar-refractivity contribution in [1.82, 2.24) is 0 Å². The van der Waals surface area contributed by atoms with Gasteiger partial charge in [-0.1, -0.05) is 48.5 Å². The zero-order valence-corrected chi connectivity index (χ0v) is 16.9. The Kier molecular flexibility index (Phi) is 4.84. The van der Waals surface area contributed by atoms with Gasteiger partial charge in [-0.25, -0.2) is 4.79 Å². The lowest BCUT2D eigenvalue weighted by Gasteiger charge is -2.07. The molecule has 0 unspecified atom stereocenters. The van der Waals surface area contributed by atoms with E-state index in [1.54, 1.807) is 60.7 Å². The molecule has 5 heteroatoms. The highest BCUT2D eigenvalue weighted by atomic mass is 16.4. The summed E-state index contributed by atoms with van der Waals surface area (Å²) in [5, 5.41) is 5.39. The van der Waals surface area contributed by atoms with Crippen molar-refractivity contribution in [3.05, 3.63) is 124 Å². The van der Waals surface area contributed by atoms with Gasteiger partial charge < -0.3 is 9.73 Å². The van der Waals surface area contributed by atoms with Crippen molar-refractivity contribution >= 4 is 39.1 Å². The fraction of sp³-hybridized carbons (Fsp3) is 0. The number of amides is 1. The van der Waals surface area contributed by atoms with Crippen molar-refractivity contribution in [2.24, 2.45) is 0 Å². The third-order valence-electron chi connectivity index (χ3n) is 5.33. The van der Waals surface area contributed by atoms with E-state index in [1.807, 2.05) is 36.4 Å². The van der Waals surface area contributed by atoms with Crippen LogP contribution in [0.4, 0.5) is 5.69 Å². The number of carbonyl (C=O) groups is 2. The van der Waals surface area contributed by atoms with Gasteiger partial charge in [-0.15, -0.1) is 0 Å². The van der Waals surface area contributed by atoms with Gasteiger partial charge in [-0.2, -0.15) is 0 Å². The molecule has 1 amide bonds. The van der Waals surface area contributed by atoms with E-state index >= 15 is 0 Å². The van der Waals surface area contributed by atoms with E-state index in [1.165, 1.54) is 0 Å². The topological polar surface area (TPSA) is 76.4 Å². The summed E-state index contributed by atoms with van der Waals surface area (Å²) in [6.45, 7) is 0. The molecule has 0 saturated heterocycles. The third kappa shape index (κ3) is 3.56. The first kappa shape index (κ1) is 19.5. The summed E-state index contributed by atoms with van der Waals surface area (Å²) in [6, 6.07) is 28.2. The molecule has 5 aromatic rings. The number of hydrogen-bond donors (Lipinski definition) is 1. The average molecular weight is 419 g/mol. The number of anilines is 1. The van der Waals surface area contributed by atoms with Crippen LogP contribution in [0.15, 0.2) is 106 Å². The molecule has 0 aliphatic carbocycles. The van der Waals surface area contributed by atoms with E-state index in [0.717, 1.165) is 10.8 Å². The zero-order valence-electron chi connectivity index (χ0n) is 16.9. The van der Waals surface area contributed by atoms with Crippen molar-refractivity contribution < 1.29 is 14.0 Å². The van der Waals surface area contributed by atoms with Gasteiger partial charge in [0.1, 0.15) is 11.1 Å². The van der Waals surface area contributed by atoms with E-state index in [4.69, 9.17) is 4.42 Å². The van der Waals surface area contributed by atoms with Gasteiger partial charge in [-0.3, -0.25) is 9.59 Å². The van der Waals surface area contributed by atoms with Crippen LogP contribution >= 0.6 is 0 Å². The van der Waals surface area contributed by atoms with Crippen molar-refractivity contribution in [3.8, 4) is 0 Å². The Morgan fingerprint density at radius 1 is 0.688 bits per heavy atom. The molecule has 5 rings (SSSR count). The summed E-state index contributed by atoms with van der Waals surface area (Å²) in [4.78, 5) is 37.9. The largest absolute Gasteiger partial charge is 0.422 e. The summed E-state index contributed by atoms with van der Waals surface area (Å²) in [5.74, 6) is -0.679. The third-order valence-corrected chi connectivity index (χ3v) is 5.33. The standard InChI is InChI=1S/C27H17NO4/c29-25(18-10-13-20(14-11-18)28-26(30)19-7-2-1-3-8-19)23-16-22-21-9-5-4-6-17(21)12-15-24(22)32-27(23)31/h1-16H,(H,28,30). The molecule has 1 aromatic heterocycles. The molecular formula is C27H17NO4. The van der Waals surface area contributed by atoms with Crippen LogP contribution < -0.4 is 10.9 Å². The Labute approximate surface area is 182 Å². The van der Waals surface area contributed by atoms with Gasteiger partial charge in [-0.05, 0) is 59.3 Å². The van der Waals surface area contributed by atoms with E-state index in [9.17, 15) is 14.4 Å². The number of ketones is 1. The minimum Gasteiger partial charge on any atom is -0.422 e. The zero-order chi connectivity index (χ0) is 22.1. The van der Waals surface area contributed by atoms with Crippen LogP contribution in [0.1, 0.15) is 26.3 Å². The molecule has 0 aliphatic rings. The van der Waals surface area contributed by atoms with Crippen LogP contribution in [-0.4, -0.2) is 11.7 Å². The van der Waals surface area contributed by atoms with Crippen LogP contribution in [0.2, 0.25) is 0 Å². The molecule has 0 radical (unpaired) electrons. The smallest absolute Gasteiger partial charge is 0.347 e. The lowest BCUT2D eigenvalue weighted by molar-refractivity contribution is 0.102. The van der Waals surface area contributed by atoms with E-state index in [-0.39, 0.29) is 11.5 Å². The highest BCUT2D eigenvalue weighted by Gasteiger charge is 2.17. The maximum Gasteiger partial charge on any atom is 0.347 e. The highest BCUT2D eigenvalue weighted by molar-refractivity contribution is 6.13. The van der Waals surface area contributed by atoms with Gasteiger partial charge in [0.05, 0.1) is 0 Å². The molecule has 4 aromatic carbocycles. The second kappa shape index (κ2) is 7.96. The lowest BCUT2D eigenvalue weighted by atomic mass is 10.0. The lowest BCUT2D eigenvalue weighted by Crippen LogP contribution is -2.15. The van der Waals surface area contributed by atoms with Crippen molar-refractivity contribution in [2.45, 2.75) is 0 Å². The van der Waals surface area contributed by atoms with E-state index < -0.39 is 11.4 Å². The summed E-state index contributed by atoms with van der Waals surface area (Å²) in [6.07, 6.45) is 0. The molecule has 1 heterocycles. The van der Waals surface area contributed by atoms with Gasteiger partial charge in [0.25, 0.3) is 5.91 Å². The van der Waals surface area contributed by atoms with Crippen LogP contribution in [0, 0.1) is 0 Å².